The first-order valence-electron chi connectivity index (χ1n) is 8.94. The fraction of sp³-hybridized carbons (Fsp3) is 0.400. The Labute approximate surface area is 178 Å². The molecule has 0 spiro atoms. The van der Waals surface area contributed by atoms with Gasteiger partial charge in [0.25, 0.3) is 0 Å². The molecule has 0 aromatic heterocycles. The standard InChI is InChI=1S/C20H28N4O2.HI/c1-4-21-20(23-15-19(25)24(2)3)22-12-7-13-26-18-11-10-16-8-5-6-9-17(16)14-18;/h5-6,8-11,14H,4,7,12-13,15H2,1-3H3,(H2,21,22,23);1H. The second-order valence-corrected chi connectivity index (χ2v) is 6.12. The van der Waals surface area contributed by atoms with E-state index in [1.807, 2.05) is 25.1 Å². The van der Waals surface area contributed by atoms with Crippen LogP contribution in [0, 0.1) is 0 Å². The predicted octanol–water partition coefficient (Wildman–Crippen LogP) is 2.87. The summed E-state index contributed by atoms with van der Waals surface area (Å²) in [5, 5.41) is 8.74. The average Bonchev–Trinajstić information content (AvgIpc) is 2.65. The molecule has 7 heteroatoms. The summed E-state index contributed by atoms with van der Waals surface area (Å²) in [5.41, 5.74) is 0. The molecular weight excluding hydrogens is 455 g/mol. The third kappa shape index (κ3) is 8.03. The van der Waals surface area contributed by atoms with Gasteiger partial charge in [-0.3, -0.25) is 4.79 Å². The zero-order valence-corrected chi connectivity index (χ0v) is 18.5. The second kappa shape index (κ2) is 12.4. The summed E-state index contributed by atoms with van der Waals surface area (Å²) < 4.78 is 5.82. The molecule has 0 radical (unpaired) electrons. The van der Waals surface area contributed by atoms with Crippen LogP contribution in [0.15, 0.2) is 47.5 Å². The van der Waals surface area contributed by atoms with Gasteiger partial charge >= 0.3 is 0 Å². The number of hydrogen-bond acceptors (Lipinski definition) is 3. The third-order valence-electron chi connectivity index (χ3n) is 3.82. The molecule has 0 unspecified atom stereocenters. The maximum atomic E-state index is 11.6. The monoisotopic (exact) mass is 484 g/mol. The van der Waals surface area contributed by atoms with Crippen LogP contribution in [-0.2, 0) is 4.79 Å². The molecule has 2 aromatic rings. The molecule has 0 atom stereocenters. The van der Waals surface area contributed by atoms with Gasteiger partial charge in [-0.1, -0.05) is 30.3 Å². The number of nitrogens with one attached hydrogen (secondary N) is 2. The van der Waals surface area contributed by atoms with Gasteiger partial charge in [-0.25, -0.2) is 4.99 Å². The minimum atomic E-state index is -0.0261. The molecule has 148 valence electrons. The van der Waals surface area contributed by atoms with Crippen molar-refractivity contribution in [2.45, 2.75) is 13.3 Å². The molecule has 0 aliphatic carbocycles. The Bertz CT molecular complexity index is 750. The Morgan fingerprint density at radius 3 is 2.56 bits per heavy atom. The van der Waals surface area contributed by atoms with Crippen molar-refractivity contribution < 1.29 is 9.53 Å². The first-order chi connectivity index (χ1) is 12.6. The largest absolute Gasteiger partial charge is 0.494 e. The molecule has 2 N–H and O–H groups in total. The van der Waals surface area contributed by atoms with Crippen molar-refractivity contribution in [1.82, 2.24) is 15.5 Å². The number of halogens is 1. The van der Waals surface area contributed by atoms with E-state index < -0.39 is 0 Å². The summed E-state index contributed by atoms with van der Waals surface area (Å²) in [6.07, 6.45) is 0.832. The zero-order chi connectivity index (χ0) is 18.8. The number of hydrogen-bond donors (Lipinski definition) is 2. The molecule has 6 nitrogen and oxygen atoms in total. The number of guanidine groups is 1. The number of amides is 1. The van der Waals surface area contributed by atoms with Crippen LogP contribution in [-0.4, -0.2) is 57.1 Å². The summed E-state index contributed by atoms with van der Waals surface area (Å²) in [4.78, 5) is 17.4. The number of aliphatic imine (C=N–C) groups is 1. The molecule has 2 rings (SSSR count). The van der Waals surface area contributed by atoms with Gasteiger partial charge < -0.3 is 20.3 Å². The maximum Gasteiger partial charge on any atom is 0.243 e. The number of likely N-dealkylation sites (N-methyl/N-ethyl adjacent to an activating group) is 1. The SMILES string of the molecule is CCNC(=NCC(=O)N(C)C)NCCCOc1ccc2ccccc2c1.I. The predicted molar refractivity (Wildman–Crippen MR) is 122 cm³/mol. The Hall–Kier alpha value is -2.03. The van der Waals surface area contributed by atoms with Crippen LogP contribution in [0.25, 0.3) is 10.8 Å². The molecule has 27 heavy (non-hydrogen) atoms. The lowest BCUT2D eigenvalue weighted by Gasteiger charge is -2.13. The van der Waals surface area contributed by atoms with Crippen molar-refractivity contribution in [2.75, 3.05) is 40.3 Å². The van der Waals surface area contributed by atoms with Crippen molar-refractivity contribution in [2.24, 2.45) is 4.99 Å². The summed E-state index contributed by atoms with van der Waals surface area (Å²) in [7, 11) is 3.45. The Kier molecular flexibility index (Phi) is 10.5. The molecule has 2 aromatic carbocycles. The zero-order valence-electron chi connectivity index (χ0n) is 16.2. The van der Waals surface area contributed by atoms with Gasteiger partial charge in [0, 0.05) is 27.2 Å². The minimum Gasteiger partial charge on any atom is -0.494 e. The van der Waals surface area contributed by atoms with E-state index in [-0.39, 0.29) is 36.4 Å². The van der Waals surface area contributed by atoms with Crippen molar-refractivity contribution in [3.63, 3.8) is 0 Å². The van der Waals surface area contributed by atoms with E-state index in [1.165, 1.54) is 15.7 Å². The lowest BCUT2D eigenvalue weighted by atomic mass is 10.1. The normalized spacial score (nSPS) is 10.9. The highest BCUT2D eigenvalue weighted by atomic mass is 127. The van der Waals surface area contributed by atoms with E-state index in [1.54, 1.807) is 14.1 Å². The van der Waals surface area contributed by atoms with Crippen molar-refractivity contribution >= 4 is 46.6 Å². The van der Waals surface area contributed by atoms with Crippen molar-refractivity contribution in [3.05, 3.63) is 42.5 Å². The molecule has 1 amide bonds. The van der Waals surface area contributed by atoms with E-state index in [2.05, 4.69) is 39.9 Å². The summed E-state index contributed by atoms with van der Waals surface area (Å²) in [5.74, 6) is 1.50. The van der Waals surface area contributed by atoms with Gasteiger partial charge in [0.2, 0.25) is 5.91 Å². The molecule has 0 aliphatic rings. The third-order valence-corrected chi connectivity index (χ3v) is 3.82. The van der Waals surface area contributed by atoms with E-state index in [9.17, 15) is 4.79 Å². The molecule has 0 saturated heterocycles. The van der Waals surface area contributed by atoms with Gasteiger partial charge in [-0.2, -0.15) is 0 Å². The molecule has 0 heterocycles. The lowest BCUT2D eigenvalue weighted by Crippen LogP contribution is -2.39. The number of carbonyl (C=O) groups is 1. The Morgan fingerprint density at radius 2 is 1.85 bits per heavy atom. The minimum absolute atomic E-state index is 0. The first-order valence-corrected chi connectivity index (χ1v) is 8.94. The topological polar surface area (TPSA) is 66.0 Å². The lowest BCUT2D eigenvalue weighted by molar-refractivity contribution is -0.127. The summed E-state index contributed by atoms with van der Waals surface area (Å²) in [6, 6.07) is 14.3. The number of nitrogens with zero attached hydrogens (tertiary/aromatic N) is 2. The quantitative estimate of drug-likeness (QED) is 0.262. The van der Waals surface area contributed by atoms with Crippen LogP contribution in [0.2, 0.25) is 0 Å². The highest BCUT2D eigenvalue weighted by Crippen LogP contribution is 2.20. The maximum absolute atomic E-state index is 11.6. The van der Waals surface area contributed by atoms with Crippen LogP contribution < -0.4 is 15.4 Å². The van der Waals surface area contributed by atoms with Crippen LogP contribution in [0.5, 0.6) is 5.75 Å². The Balaban J connectivity index is 0.00000364. The Morgan fingerprint density at radius 1 is 1.11 bits per heavy atom. The highest BCUT2D eigenvalue weighted by Gasteiger charge is 2.04. The van der Waals surface area contributed by atoms with Gasteiger partial charge in [-0.05, 0) is 36.2 Å². The first kappa shape index (κ1) is 23.0. The molecule has 0 fully saturated rings. The van der Waals surface area contributed by atoms with Crippen molar-refractivity contribution in [3.8, 4) is 5.75 Å². The molecular formula is C20H29IN4O2. The molecule has 0 bridgehead atoms. The van der Waals surface area contributed by atoms with Crippen LogP contribution in [0.3, 0.4) is 0 Å². The fourth-order valence-corrected chi connectivity index (χ4v) is 2.36. The molecule has 0 aliphatic heterocycles. The van der Waals surface area contributed by atoms with E-state index >= 15 is 0 Å². The van der Waals surface area contributed by atoms with Crippen molar-refractivity contribution in [1.29, 1.82) is 0 Å². The van der Waals surface area contributed by atoms with Gasteiger partial charge in [-0.15, -0.1) is 24.0 Å². The number of fused-ring (bicyclic) bond motifs is 1. The van der Waals surface area contributed by atoms with Gasteiger partial charge in [0.1, 0.15) is 12.3 Å². The number of ether oxygens (including phenoxy) is 1. The summed E-state index contributed by atoms with van der Waals surface area (Å²) in [6.45, 7) is 4.20. The number of rotatable bonds is 8. The van der Waals surface area contributed by atoms with Crippen LogP contribution in [0.4, 0.5) is 0 Å². The fourth-order valence-electron chi connectivity index (χ4n) is 2.36. The van der Waals surface area contributed by atoms with Gasteiger partial charge in [0.05, 0.1) is 6.61 Å². The van der Waals surface area contributed by atoms with E-state index in [4.69, 9.17) is 4.74 Å². The van der Waals surface area contributed by atoms with Gasteiger partial charge in [0.15, 0.2) is 5.96 Å². The number of carbonyl (C=O) groups excluding carboxylic acids is 1. The highest BCUT2D eigenvalue weighted by molar-refractivity contribution is 14.0. The molecule has 0 saturated carbocycles. The number of benzene rings is 2. The van der Waals surface area contributed by atoms with E-state index in [0.29, 0.717) is 12.6 Å². The second-order valence-electron chi connectivity index (χ2n) is 6.12. The van der Waals surface area contributed by atoms with E-state index in [0.717, 1.165) is 25.3 Å². The smallest absolute Gasteiger partial charge is 0.243 e. The van der Waals surface area contributed by atoms with Crippen LogP contribution >= 0.6 is 24.0 Å². The van der Waals surface area contributed by atoms with Crippen LogP contribution in [0.1, 0.15) is 13.3 Å². The average molecular weight is 484 g/mol. The summed E-state index contributed by atoms with van der Waals surface area (Å²) >= 11 is 0.